The van der Waals surface area contributed by atoms with Gasteiger partial charge in [0.2, 0.25) is 0 Å². The SMILES string of the molecule is O=C(O)CONc1cccc2c1Cc1ccccc1-2. The Balaban J connectivity index is 1.88. The molecule has 0 bridgehead atoms. The second kappa shape index (κ2) is 4.74. The third-order valence-corrected chi connectivity index (χ3v) is 3.23. The Morgan fingerprint density at radius 2 is 1.95 bits per heavy atom. The van der Waals surface area contributed by atoms with Crippen molar-refractivity contribution in [1.29, 1.82) is 0 Å². The van der Waals surface area contributed by atoms with Crippen molar-refractivity contribution in [1.82, 2.24) is 0 Å². The standard InChI is InChI=1S/C15H13NO3/c17-15(18)9-19-16-14-7-3-6-12-11-5-2-1-4-10(11)8-13(12)14/h1-7,16H,8-9H2,(H,17,18). The predicted molar refractivity (Wildman–Crippen MR) is 71.9 cm³/mol. The first-order chi connectivity index (χ1) is 9.25. The van der Waals surface area contributed by atoms with Crippen LogP contribution in [-0.2, 0) is 16.1 Å². The average molecular weight is 255 g/mol. The lowest BCUT2D eigenvalue weighted by Crippen LogP contribution is -2.12. The van der Waals surface area contributed by atoms with E-state index in [0.717, 1.165) is 17.7 Å². The summed E-state index contributed by atoms with van der Waals surface area (Å²) in [6.07, 6.45) is 0.838. The molecule has 0 heterocycles. The number of carboxylic acid groups (broad SMARTS) is 1. The van der Waals surface area contributed by atoms with E-state index >= 15 is 0 Å². The van der Waals surface area contributed by atoms with Gasteiger partial charge in [-0.3, -0.25) is 10.3 Å². The van der Waals surface area contributed by atoms with E-state index in [-0.39, 0.29) is 6.61 Å². The van der Waals surface area contributed by atoms with Gasteiger partial charge in [-0.1, -0.05) is 36.4 Å². The van der Waals surface area contributed by atoms with Crippen LogP contribution < -0.4 is 5.48 Å². The van der Waals surface area contributed by atoms with E-state index in [4.69, 9.17) is 9.94 Å². The van der Waals surface area contributed by atoms with Crippen molar-refractivity contribution in [2.24, 2.45) is 0 Å². The van der Waals surface area contributed by atoms with Gasteiger partial charge in [-0.25, -0.2) is 4.79 Å². The van der Waals surface area contributed by atoms with Gasteiger partial charge in [0.15, 0.2) is 6.61 Å². The first-order valence-electron chi connectivity index (χ1n) is 6.05. The zero-order valence-electron chi connectivity index (χ0n) is 10.2. The topological polar surface area (TPSA) is 58.6 Å². The molecule has 3 rings (SSSR count). The van der Waals surface area contributed by atoms with Gasteiger partial charge in [-0.2, -0.15) is 0 Å². The smallest absolute Gasteiger partial charge is 0.332 e. The summed E-state index contributed by atoms with van der Waals surface area (Å²) in [5, 5.41) is 8.56. The fourth-order valence-electron chi connectivity index (χ4n) is 2.43. The summed E-state index contributed by atoms with van der Waals surface area (Å²) in [5.74, 6) is -0.997. The van der Waals surface area contributed by atoms with Crippen LogP contribution in [0.25, 0.3) is 11.1 Å². The number of rotatable bonds is 4. The van der Waals surface area contributed by atoms with Crippen molar-refractivity contribution >= 4 is 11.7 Å². The average Bonchev–Trinajstić information content (AvgIpc) is 2.78. The normalized spacial score (nSPS) is 11.8. The highest BCUT2D eigenvalue weighted by atomic mass is 16.7. The molecule has 0 atom stereocenters. The van der Waals surface area contributed by atoms with Crippen molar-refractivity contribution in [2.45, 2.75) is 6.42 Å². The van der Waals surface area contributed by atoms with Crippen LogP contribution in [-0.4, -0.2) is 17.7 Å². The van der Waals surface area contributed by atoms with Crippen molar-refractivity contribution < 1.29 is 14.7 Å². The maximum atomic E-state index is 10.4. The zero-order valence-corrected chi connectivity index (χ0v) is 10.2. The van der Waals surface area contributed by atoms with Crippen LogP contribution in [0.1, 0.15) is 11.1 Å². The van der Waals surface area contributed by atoms with Crippen LogP contribution >= 0.6 is 0 Å². The number of carboxylic acids is 1. The van der Waals surface area contributed by atoms with E-state index in [0.29, 0.717) is 0 Å². The molecule has 96 valence electrons. The van der Waals surface area contributed by atoms with E-state index in [9.17, 15) is 4.79 Å². The first-order valence-corrected chi connectivity index (χ1v) is 6.05. The molecule has 0 saturated heterocycles. The van der Waals surface area contributed by atoms with E-state index in [1.54, 1.807) is 0 Å². The van der Waals surface area contributed by atoms with Gasteiger partial charge in [0, 0.05) is 6.42 Å². The van der Waals surface area contributed by atoms with Gasteiger partial charge in [0.1, 0.15) is 0 Å². The van der Waals surface area contributed by atoms with Crippen LogP contribution in [0.2, 0.25) is 0 Å². The summed E-state index contributed by atoms with van der Waals surface area (Å²) in [6, 6.07) is 14.2. The molecular weight excluding hydrogens is 242 g/mol. The molecule has 0 spiro atoms. The number of benzene rings is 2. The molecule has 1 aliphatic carbocycles. The monoisotopic (exact) mass is 255 g/mol. The molecule has 0 fully saturated rings. The highest BCUT2D eigenvalue weighted by Gasteiger charge is 2.20. The molecule has 0 radical (unpaired) electrons. The Labute approximate surface area is 110 Å². The third-order valence-electron chi connectivity index (χ3n) is 3.23. The summed E-state index contributed by atoms with van der Waals surface area (Å²) in [4.78, 5) is 15.4. The number of aliphatic carboxylic acids is 1. The van der Waals surface area contributed by atoms with Crippen LogP contribution in [0, 0.1) is 0 Å². The number of fused-ring (bicyclic) bond motifs is 3. The lowest BCUT2D eigenvalue weighted by molar-refractivity contribution is -0.141. The van der Waals surface area contributed by atoms with Crippen LogP contribution in [0.5, 0.6) is 0 Å². The maximum absolute atomic E-state index is 10.4. The van der Waals surface area contributed by atoms with Gasteiger partial charge < -0.3 is 5.11 Å². The highest BCUT2D eigenvalue weighted by molar-refractivity contribution is 5.81. The molecule has 2 aromatic rings. The van der Waals surface area contributed by atoms with E-state index in [1.807, 2.05) is 24.3 Å². The Bertz CT molecular complexity index is 637. The Morgan fingerprint density at radius 1 is 1.16 bits per heavy atom. The summed E-state index contributed by atoms with van der Waals surface area (Å²) < 4.78 is 0. The quantitative estimate of drug-likeness (QED) is 0.704. The number of anilines is 1. The van der Waals surface area contributed by atoms with Gasteiger partial charge >= 0.3 is 5.97 Å². The molecule has 19 heavy (non-hydrogen) atoms. The fourth-order valence-corrected chi connectivity index (χ4v) is 2.43. The number of nitrogens with one attached hydrogen (secondary N) is 1. The summed E-state index contributed by atoms with van der Waals surface area (Å²) in [6.45, 7) is -0.364. The number of hydrogen-bond donors (Lipinski definition) is 2. The van der Waals surface area contributed by atoms with Crippen LogP contribution in [0.4, 0.5) is 5.69 Å². The van der Waals surface area contributed by atoms with Gasteiger partial charge in [0.25, 0.3) is 0 Å². The van der Waals surface area contributed by atoms with Crippen molar-refractivity contribution in [2.75, 3.05) is 12.1 Å². The predicted octanol–water partition coefficient (Wildman–Crippen LogP) is 2.69. The fraction of sp³-hybridized carbons (Fsp3) is 0.133. The minimum Gasteiger partial charge on any atom is -0.479 e. The second-order valence-corrected chi connectivity index (χ2v) is 4.45. The highest BCUT2D eigenvalue weighted by Crippen LogP contribution is 2.39. The minimum atomic E-state index is -0.997. The van der Waals surface area contributed by atoms with Crippen LogP contribution in [0.3, 0.4) is 0 Å². The minimum absolute atomic E-state index is 0.364. The zero-order chi connectivity index (χ0) is 13.2. The second-order valence-electron chi connectivity index (χ2n) is 4.45. The molecular formula is C15H13NO3. The van der Waals surface area contributed by atoms with Gasteiger partial charge in [0.05, 0.1) is 5.69 Å². The molecule has 0 amide bonds. The Morgan fingerprint density at radius 3 is 2.79 bits per heavy atom. The number of carbonyl (C=O) groups is 1. The first kappa shape index (κ1) is 11.7. The molecule has 0 aliphatic heterocycles. The van der Waals surface area contributed by atoms with Crippen molar-refractivity contribution in [3.05, 3.63) is 53.6 Å². The molecule has 4 heteroatoms. The Hall–Kier alpha value is -2.33. The lowest BCUT2D eigenvalue weighted by atomic mass is 10.1. The van der Waals surface area contributed by atoms with E-state index in [1.165, 1.54) is 16.7 Å². The summed E-state index contributed by atoms with van der Waals surface area (Å²) >= 11 is 0. The molecule has 1 aliphatic rings. The third kappa shape index (κ3) is 2.18. The number of hydrogen-bond acceptors (Lipinski definition) is 3. The van der Waals surface area contributed by atoms with Crippen LogP contribution in [0.15, 0.2) is 42.5 Å². The Kier molecular flexibility index (Phi) is 2.93. The lowest BCUT2D eigenvalue weighted by Gasteiger charge is -2.10. The molecule has 0 saturated carbocycles. The molecule has 0 aromatic heterocycles. The molecule has 2 aromatic carbocycles. The molecule has 0 unspecified atom stereocenters. The maximum Gasteiger partial charge on any atom is 0.332 e. The van der Waals surface area contributed by atoms with Crippen molar-refractivity contribution in [3.63, 3.8) is 0 Å². The largest absolute Gasteiger partial charge is 0.479 e. The van der Waals surface area contributed by atoms with Gasteiger partial charge in [-0.05, 0) is 28.3 Å². The molecule has 4 nitrogen and oxygen atoms in total. The van der Waals surface area contributed by atoms with E-state index < -0.39 is 5.97 Å². The van der Waals surface area contributed by atoms with Crippen molar-refractivity contribution in [3.8, 4) is 11.1 Å². The molecule has 2 N–H and O–H groups in total. The van der Waals surface area contributed by atoms with E-state index in [2.05, 4.69) is 23.7 Å². The summed E-state index contributed by atoms with van der Waals surface area (Å²) in [7, 11) is 0. The van der Waals surface area contributed by atoms with Gasteiger partial charge in [-0.15, -0.1) is 0 Å². The summed E-state index contributed by atoms with van der Waals surface area (Å²) in [5.41, 5.74) is 8.40.